The van der Waals surface area contributed by atoms with Crippen LogP contribution in [0, 0.1) is 0 Å². The molecule has 1 aromatic heterocycles. The minimum absolute atomic E-state index is 0.0216. The lowest BCUT2D eigenvalue weighted by Crippen LogP contribution is -2.38. The third-order valence-electron chi connectivity index (χ3n) is 7.10. The average Bonchev–Trinajstić information content (AvgIpc) is 2.93. The largest absolute Gasteiger partial charge is 0.497 e. The molecule has 3 aromatic carbocycles. The molecule has 12 heteroatoms. The zero-order valence-electron chi connectivity index (χ0n) is 22.6. The van der Waals surface area contributed by atoms with E-state index in [1.165, 1.54) is 18.7 Å². The molecule has 0 fully saturated rings. The number of hydrogen-bond donors (Lipinski definition) is 0. The van der Waals surface area contributed by atoms with Crippen LogP contribution in [0.25, 0.3) is 22.0 Å². The van der Waals surface area contributed by atoms with Gasteiger partial charge in [0.05, 0.1) is 29.8 Å². The lowest BCUT2D eigenvalue weighted by atomic mass is 9.93. The molecule has 5 rings (SSSR count). The highest BCUT2D eigenvalue weighted by atomic mass is 19.4. The number of rotatable bonds is 5. The number of methoxy groups -OCH3 is 1. The van der Waals surface area contributed by atoms with Crippen LogP contribution < -0.4 is 15.0 Å². The van der Waals surface area contributed by atoms with Gasteiger partial charge < -0.3 is 14.4 Å². The Kier molecular flexibility index (Phi) is 7.20. The highest BCUT2D eigenvalue weighted by molar-refractivity contribution is 6.10. The monoisotopic (exact) mass is 590 g/mol. The van der Waals surface area contributed by atoms with E-state index in [1.54, 1.807) is 49.4 Å². The van der Waals surface area contributed by atoms with Crippen LogP contribution in [-0.2, 0) is 18.9 Å². The van der Waals surface area contributed by atoms with Gasteiger partial charge in [0.1, 0.15) is 23.7 Å². The maximum atomic E-state index is 14.1. The van der Waals surface area contributed by atoms with E-state index in [2.05, 4.69) is 0 Å². The number of ether oxygens (including phenoxy) is 2. The molecule has 0 radical (unpaired) electrons. The van der Waals surface area contributed by atoms with E-state index in [9.17, 15) is 35.9 Å². The molecule has 1 aliphatic heterocycles. The molecule has 0 aliphatic carbocycles. The van der Waals surface area contributed by atoms with Crippen molar-refractivity contribution in [2.24, 2.45) is 0 Å². The zero-order chi connectivity index (χ0) is 30.6. The molecule has 220 valence electrons. The number of nitrogens with zero attached hydrogens (tertiary/aromatic N) is 2. The third-order valence-corrected chi connectivity index (χ3v) is 7.10. The lowest BCUT2D eigenvalue weighted by Gasteiger charge is -2.29. The number of aromatic nitrogens is 1. The molecule has 0 saturated carbocycles. The van der Waals surface area contributed by atoms with Crippen molar-refractivity contribution in [3.05, 3.63) is 93.3 Å². The van der Waals surface area contributed by atoms with Crippen LogP contribution in [0.3, 0.4) is 0 Å². The van der Waals surface area contributed by atoms with Gasteiger partial charge in [-0.2, -0.15) is 26.3 Å². The Morgan fingerprint density at radius 1 is 1.00 bits per heavy atom. The average molecular weight is 591 g/mol. The topological polar surface area (TPSA) is 60.8 Å². The van der Waals surface area contributed by atoms with E-state index >= 15 is 0 Å². The number of pyridine rings is 1. The fraction of sp³-hybridized carbons (Fsp3) is 0.267. The fourth-order valence-electron chi connectivity index (χ4n) is 5.18. The number of carbonyl (C=O) groups excluding carboxylic acids is 1. The van der Waals surface area contributed by atoms with Gasteiger partial charge in [0.15, 0.2) is 0 Å². The number of halogens is 6. The van der Waals surface area contributed by atoms with Gasteiger partial charge >= 0.3 is 12.4 Å². The van der Waals surface area contributed by atoms with E-state index in [0.29, 0.717) is 40.1 Å². The normalized spacial score (nSPS) is 14.9. The summed E-state index contributed by atoms with van der Waals surface area (Å²) in [5.41, 5.74) is -3.20. The standard InChI is InChI=1S/C30H24F6N2O4/c1-16-15-42-23-9-5-8-22-24(18-6-4-7-21(12-18)41-3)25(28(40)38(16)26(22)23)27(39)37(2)14-17-10-19(29(31,32)33)13-20(11-17)30(34,35)36/h4-13,16H,14-15H2,1-3H3. The lowest BCUT2D eigenvalue weighted by molar-refractivity contribution is -0.143. The van der Waals surface area contributed by atoms with E-state index in [1.807, 2.05) is 0 Å². The molecule has 42 heavy (non-hydrogen) atoms. The molecule has 1 unspecified atom stereocenters. The van der Waals surface area contributed by atoms with Crippen LogP contribution in [0.1, 0.15) is 40.0 Å². The number of amides is 1. The Morgan fingerprint density at radius 3 is 2.26 bits per heavy atom. The molecule has 6 nitrogen and oxygen atoms in total. The van der Waals surface area contributed by atoms with Crippen molar-refractivity contribution >= 4 is 16.8 Å². The Labute approximate surface area is 235 Å². The summed E-state index contributed by atoms with van der Waals surface area (Å²) in [5.74, 6) is -0.00512. The minimum atomic E-state index is -5.05. The van der Waals surface area contributed by atoms with Crippen LogP contribution in [0.4, 0.5) is 26.3 Å². The summed E-state index contributed by atoms with van der Waals surface area (Å²) in [6.45, 7) is 1.26. The predicted octanol–water partition coefficient (Wildman–Crippen LogP) is 6.94. The Bertz CT molecular complexity index is 1730. The van der Waals surface area contributed by atoms with Crippen LogP contribution in [-0.4, -0.2) is 36.1 Å². The van der Waals surface area contributed by atoms with Crippen LogP contribution >= 0.6 is 0 Å². The Hall–Kier alpha value is -4.48. The number of alkyl halides is 6. The summed E-state index contributed by atoms with van der Waals surface area (Å²) < 4.78 is 93.3. The molecule has 1 amide bonds. The SMILES string of the molecule is COc1cccc(-c2c(C(=O)N(C)Cc3cc(C(F)(F)F)cc(C(F)(F)F)c3)c(=O)n3c4c(cccc24)OCC3C)c1. The van der Waals surface area contributed by atoms with Gasteiger partial charge in [0, 0.05) is 24.5 Å². The van der Waals surface area contributed by atoms with Gasteiger partial charge in [-0.05, 0) is 54.4 Å². The van der Waals surface area contributed by atoms with E-state index in [4.69, 9.17) is 9.47 Å². The predicted molar refractivity (Wildman–Crippen MR) is 143 cm³/mol. The van der Waals surface area contributed by atoms with Gasteiger partial charge in [-0.25, -0.2) is 0 Å². The van der Waals surface area contributed by atoms with Gasteiger partial charge in [-0.15, -0.1) is 0 Å². The second kappa shape index (κ2) is 10.4. The van der Waals surface area contributed by atoms with Gasteiger partial charge in [0.2, 0.25) is 0 Å². The summed E-state index contributed by atoms with van der Waals surface area (Å²) in [6, 6.07) is 12.4. The van der Waals surface area contributed by atoms with Crippen LogP contribution in [0.5, 0.6) is 11.5 Å². The van der Waals surface area contributed by atoms with Crippen molar-refractivity contribution in [2.45, 2.75) is 31.9 Å². The van der Waals surface area contributed by atoms with Crippen molar-refractivity contribution < 1.29 is 40.6 Å². The van der Waals surface area contributed by atoms with Gasteiger partial charge in [-0.1, -0.05) is 24.3 Å². The number of para-hydroxylation sites is 1. The van der Waals surface area contributed by atoms with Crippen molar-refractivity contribution in [3.8, 4) is 22.6 Å². The Balaban J connectivity index is 1.70. The van der Waals surface area contributed by atoms with E-state index < -0.39 is 53.1 Å². The highest BCUT2D eigenvalue weighted by Gasteiger charge is 2.37. The number of carbonyl (C=O) groups is 1. The Morgan fingerprint density at radius 2 is 1.64 bits per heavy atom. The van der Waals surface area contributed by atoms with Crippen LogP contribution in [0.2, 0.25) is 0 Å². The molecule has 0 spiro atoms. The summed E-state index contributed by atoms with van der Waals surface area (Å²) in [7, 11) is 2.67. The van der Waals surface area contributed by atoms with E-state index in [-0.39, 0.29) is 23.8 Å². The van der Waals surface area contributed by atoms with Crippen molar-refractivity contribution in [2.75, 3.05) is 20.8 Å². The molecule has 0 N–H and O–H groups in total. The molecule has 4 aromatic rings. The summed E-state index contributed by atoms with van der Waals surface area (Å²) in [4.78, 5) is 29.0. The molecular formula is C30H24F6N2O4. The fourth-order valence-corrected chi connectivity index (χ4v) is 5.18. The molecule has 0 saturated heterocycles. The molecular weight excluding hydrogens is 566 g/mol. The van der Waals surface area contributed by atoms with Crippen molar-refractivity contribution in [3.63, 3.8) is 0 Å². The highest BCUT2D eigenvalue weighted by Crippen LogP contribution is 2.40. The first-order chi connectivity index (χ1) is 19.7. The van der Waals surface area contributed by atoms with Crippen molar-refractivity contribution in [1.29, 1.82) is 0 Å². The molecule has 1 aliphatic rings. The smallest absolute Gasteiger partial charge is 0.416 e. The van der Waals surface area contributed by atoms with Crippen LogP contribution in [0.15, 0.2) is 65.5 Å². The summed E-state index contributed by atoms with van der Waals surface area (Å²) >= 11 is 0. The first kappa shape index (κ1) is 29.0. The third kappa shape index (κ3) is 5.17. The van der Waals surface area contributed by atoms with Crippen molar-refractivity contribution in [1.82, 2.24) is 9.47 Å². The quantitative estimate of drug-likeness (QED) is 0.236. The first-order valence-corrected chi connectivity index (χ1v) is 12.7. The first-order valence-electron chi connectivity index (χ1n) is 12.7. The molecule has 2 heterocycles. The number of hydrogen-bond acceptors (Lipinski definition) is 4. The molecule has 1 atom stereocenters. The maximum Gasteiger partial charge on any atom is 0.416 e. The van der Waals surface area contributed by atoms with E-state index in [0.717, 1.165) is 4.90 Å². The second-order valence-electron chi connectivity index (χ2n) is 10.0. The van der Waals surface area contributed by atoms with Gasteiger partial charge in [-0.3, -0.25) is 14.2 Å². The zero-order valence-corrected chi connectivity index (χ0v) is 22.6. The maximum absolute atomic E-state index is 14.1. The summed E-state index contributed by atoms with van der Waals surface area (Å²) in [5, 5.41) is 0.502. The van der Waals surface area contributed by atoms with Gasteiger partial charge in [0.25, 0.3) is 11.5 Å². The second-order valence-corrected chi connectivity index (χ2v) is 10.0. The molecule has 0 bridgehead atoms. The number of benzene rings is 3. The summed E-state index contributed by atoms with van der Waals surface area (Å²) in [6.07, 6.45) is -10.1. The minimum Gasteiger partial charge on any atom is -0.497 e.